The molecule has 0 radical (unpaired) electrons. The van der Waals surface area contributed by atoms with Gasteiger partial charge in [-0.15, -0.1) is 0 Å². The minimum Gasteiger partial charge on any atom is -0.348 e. The number of carbonyl (C=O) groups is 1. The molecule has 1 aromatic heterocycles. The molecule has 0 unspecified atom stereocenters. The van der Waals surface area contributed by atoms with Crippen LogP contribution in [0.4, 0.5) is 0 Å². The fourth-order valence-electron chi connectivity index (χ4n) is 2.86. The molecule has 0 bridgehead atoms. The predicted octanol–water partition coefficient (Wildman–Crippen LogP) is 3.73. The van der Waals surface area contributed by atoms with Crippen molar-refractivity contribution in [2.45, 2.75) is 32.9 Å². The van der Waals surface area contributed by atoms with Crippen LogP contribution in [0.1, 0.15) is 30.5 Å². The summed E-state index contributed by atoms with van der Waals surface area (Å²) in [5.74, 6) is -0.212. The van der Waals surface area contributed by atoms with Crippen molar-refractivity contribution in [1.82, 2.24) is 14.9 Å². The maximum Gasteiger partial charge on any atom is 0.261 e. The predicted molar refractivity (Wildman–Crippen MR) is 106 cm³/mol. The molecule has 1 N–H and O–H groups in total. The molecular weight excluding hydrogens is 394 g/mol. The van der Waals surface area contributed by atoms with Gasteiger partial charge in [-0.2, -0.15) is 0 Å². The van der Waals surface area contributed by atoms with Crippen LogP contribution in [0.15, 0.2) is 58.1 Å². The first kappa shape index (κ1) is 18.3. The van der Waals surface area contributed by atoms with Gasteiger partial charge in [-0.1, -0.05) is 52.7 Å². The second kappa shape index (κ2) is 7.83. The lowest BCUT2D eigenvalue weighted by Gasteiger charge is -2.18. The molecule has 0 aliphatic carbocycles. The molecule has 3 rings (SSSR count). The van der Waals surface area contributed by atoms with E-state index in [0.29, 0.717) is 10.9 Å². The molecule has 1 atom stereocenters. The van der Waals surface area contributed by atoms with Gasteiger partial charge in [0.05, 0.1) is 23.3 Å². The minimum atomic E-state index is -0.227. The molecule has 0 aliphatic rings. The number of aromatic nitrogens is 2. The number of rotatable bonds is 5. The molecule has 5 nitrogen and oxygen atoms in total. The van der Waals surface area contributed by atoms with Crippen LogP contribution >= 0.6 is 15.9 Å². The Labute approximate surface area is 160 Å². The van der Waals surface area contributed by atoms with E-state index in [1.165, 1.54) is 16.5 Å². The smallest absolute Gasteiger partial charge is 0.261 e. The normalized spacial score (nSPS) is 12.1. The molecule has 0 spiro atoms. The molecular formula is C20H20BrN3O2. The Bertz CT molecular complexity index is 996. The maximum absolute atomic E-state index is 12.6. The number of benzene rings is 2. The highest BCUT2D eigenvalue weighted by Crippen LogP contribution is 2.17. The van der Waals surface area contributed by atoms with E-state index in [0.717, 1.165) is 16.5 Å². The number of halogens is 1. The number of amides is 1. The lowest BCUT2D eigenvalue weighted by molar-refractivity contribution is -0.122. The monoisotopic (exact) mass is 413 g/mol. The van der Waals surface area contributed by atoms with Crippen LogP contribution < -0.4 is 10.9 Å². The van der Waals surface area contributed by atoms with E-state index >= 15 is 0 Å². The first-order valence-corrected chi connectivity index (χ1v) is 9.28. The second-order valence-electron chi connectivity index (χ2n) is 6.28. The van der Waals surface area contributed by atoms with E-state index in [1.807, 2.05) is 44.2 Å². The SMILES string of the molecule is CC[C@H](NC(=O)Cn1cnc2ccc(Br)cc2c1=O)c1ccc(C)cc1. The van der Waals surface area contributed by atoms with Gasteiger partial charge < -0.3 is 5.32 Å². The van der Waals surface area contributed by atoms with E-state index in [9.17, 15) is 9.59 Å². The maximum atomic E-state index is 12.6. The van der Waals surface area contributed by atoms with Crippen molar-refractivity contribution in [1.29, 1.82) is 0 Å². The van der Waals surface area contributed by atoms with Gasteiger partial charge in [0, 0.05) is 4.47 Å². The standard InChI is InChI=1S/C20H20BrN3O2/c1-3-17(14-6-4-13(2)5-7-14)23-19(25)11-24-12-22-18-9-8-15(21)10-16(18)20(24)26/h4-10,12,17H,3,11H2,1-2H3,(H,23,25)/t17-/m0/s1. The first-order chi connectivity index (χ1) is 12.5. The highest BCUT2D eigenvalue weighted by atomic mass is 79.9. The summed E-state index contributed by atoms with van der Waals surface area (Å²) in [5.41, 5.74) is 2.62. The average molecular weight is 414 g/mol. The van der Waals surface area contributed by atoms with Crippen molar-refractivity contribution < 1.29 is 4.79 Å². The summed E-state index contributed by atoms with van der Waals surface area (Å²) in [7, 11) is 0. The highest BCUT2D eigenvalue weighted by Gasteiger charge is 2.14. The van der Waals surface area contributed by atoms with E-state index in [1.54, 1.807) is 12.1 Å². The van der Waals surface area contributed by atoms with Gasteiger partial charge in [-0.05, 0) is 37.1 Å². The van der Waals surface area contributed by atoms with Crippen molar-refractivity contribution >= 4 is 32.7 Å². The quantitative estimate of drug-likeness (QED) is 0.692. The van der Waals surface area contributed by atoms with Crippen LogP contribution in [0.2, 0.25) is 0 Å². The molecule has 6 heteroatoms. The van der Waals surface area contributed by atoms with Gasteiger partial charge in [-0.3, -0.25) is 14.2 Å². The summed E-state index contributed by atoms with van der Waals surface area (Å²) in [6.45, 7) is 3.99. The van der Waals surface area contributed by atoms with Crippen molar-refractivity contribution in [3.8, 4) is 0 Å². The summed E-state index contributed by atoms with van der Waals surface area (Å²) < 4.78 is 2.14. The third kappa shape index (κ3) is 4.02. The number of carbonyl (C=O) groups excluding carboxylic acids is 1. The zero-order chi connectivity index (χ0) is 18.7. The molecule has 3 aromatic rings. The third-order valence-corrected chi connectivity index (χ3v) is 4.82. The van der Waals surface area contributed by atoms with Crippen LogP contribution in [0.3, 0.4) is 0 Å². The number of hydrogen-bond acceptors (Lipinski definition) is 3. The van der Waals surface area contributed by atoms with Crippen molar-refractivity contribution in [2.24, 2.45) is 0 Å². The molecule has 1 heterocycles. The topological polar surface area (TPSA) is 64.0 Å². The van der Waals surface area contributed by atoms with Gasteiger partial charge >= 0.3 is 0 Å². The fourth-order valence-corrected chi connectivity index (χ4v) is 3.22. The largest absolute Gasteiger partial charge is 0.348 e. The summed E-state index contributed by atoms with van der Waals surface area (Å²) in [6, 6.07) is 13.3. The van der Waals surface area contributed by atoms with Gasteiger partial charge in [0.1, 0.15) is 6.54 Å². The second-order valence-corrected chi connectivity index (χ2v) is 7.19. The van der Waals surface area contributed by atoms with E-state index in [4.69, 9.17) is 0 Å². The van der Waals surface area contributed by atoms with E-state index in [2.05, 4.69) is 26.2 Å². The Hall–Kier alpha value is -2.47. The summed E-state index contributed by atoms with van der Waals surface area (Å²) >= 11 is 3.36. The van der Waals surface area contributed by atoms with Crippen LogP contribution in [0.5, 0.6) is 0 Å². The van der Waals surface area contributed by atoms with Crippen LogP contribution in [-0.2, 0) is 11.3 Å². The zero-order valence-electron chi connectivity index (χ0n) is 14.7. The van der Waals surface area contributed by atoms with Crippen LogP contribution in [-0.4, -0.2) is 15.5 Å². The Balaban J connectivity index is 1.79. The van der Waals surface area contributed by atoms with Crippen LogP contribution in [0.25, 0.3) is 10.9 Å². The first-order valence-electron chi connectivity index (χ1n) is 8.48. The number of nitrogens with one attached hydrogen (secondary N) is 1. The van der Waals surface area contributed by atoms with Crippen molar-refractivity contribution in [2.75, 3.05) is 0 Å². The number of aryl methyl sites for hydroxylation is 1. The molecule has 134 valence electrons. The molecule has 2 aromatic carbocycles. The Morgan fingerprint density at radius 3 is 2.65 bits per heavy atom. The summed E-state index contributed by atoms with van der Waals surface area (Å²) in [4.78, 5) is 29.3. The van der Waals surface area contributed by atoms with Gasteiger partial charge in [0.15, 0.2) is 0 Å². The van der Waals surface area contributed by atoms with E-state index < -0.39 is 0 Å². The number of nitrogens with zero attached hydrogens (tertiary/aromatic N) is 2. The molecule has 0 aliphatic heterocycles. The molecule has 0 fully saturated rings. The highest BCUT2D eigenvalue weighted by molar-refractivity contribution is 9.10. The lowest BCUT2D eigenvalue weighted by Crippen LogP contribution is -2.34. The third-order valence-electron chi connectivity index (χ3n) is 4.32. The lowest BCUT2D eigenvalue weighted by atomic mass is 10.0. The van der Waals surface area contributed by atoms with Crippen molar-refractivity contribution in [3.05, 3.63) is 74.7 Å². The van der Waals surface area contributed by atoms with Gasteiger partial charge in [0.25, 0.3) is 5.56 Å². The Morgan fingerprint density at radius 1 is 1.23 bits per heavy atom. The molecule has 0 saturated carbocycles. The Kier molecular flexibility index (Phi) is 5.52. The van der Waals surface area contributed by atoms with Crippen molar-refractivity contribution in [3.63, 3.8) is 0 Å². The van der Waals surface area contributed by atoms with Crippen LogP contribution in [0, 0.1) is 6.92 Å². The average Bonchev–Trinajstić information content (AvgIpc) is 2.63. The summed E-state index contributed by atoms with van der Waals surface area (Å²) in [6.07, 6.45) is 2.19. The van der Waals surface area contributed by atoms with Gasteiger partial charge in [0.2, 0.25) is 5.91 Å². The number of fused-ring (bicyclic) bond motifs is 1. The van der Waals surface area contributed by atoms with Gasteiger partial charge in [-0.25, -0.2) is 4.98 Å². The zero-order valence-corrected chi connectivity index (χ0v) is 16.3. The molecule has 1 amide bonds. The fraction of sp³-hybridized carbons (Fsp3) is 0.250. The summed E-state index contributed by atoms with van der Waals surface area (Å²) in [5, 5.41) is 3.49. The minimum absolute atomic E-state index is 0.0589. The molecule has 26 heavy (non-hydrogen) atoms. The Morgan fingerprint density at radius 2 is 1.96 bits per heavy atom. The molecule has 0 saturated heterocycles. The van der Waals surface area contributed by atoms with E-state index in [-0.39, 0.29) is 24.1 Å². The number of hydrogen-bond donors (Lipinski definition) is 1.